The van der Waals surface area contributed by atoms with Crippen LogP contribution in [-0.2, 0) is 6.54 Å². The second-order valence-electron chi connectivity index (χ2n) is 4.67. The van der Waals surface area contributed by atoms with Gasteiger partial charge in [-0.05, 0) is 24.6 Å². The molecule has 122 valence electrons. The number of halogens is 3. The van der Waals surface area contributed by atoms with Crippen LogP contribution in [0.1, 0.15) is 18.9 Å². The third-order valence-electron chi connectivity index (χ3n) is 2.90. The Morgan fingerprint density at radius 1 is 1.23 bits per heavy atom. The van der Waals surface area contributed by atoms with Gasteiger partial charge in [0, 0.05) is 13.1 Å². The highest BCUT2D eigenvalue weighted by Crippen LogP contribution is 2.32. The van der Waals surface area contributed by atoms with Gasteiger partial charge in [-0.15, -0.1) is 0 Å². The van der Waals surface area contributed by atoms with E-state index in [0.29, 0.717) is 30.5 Å². The van der Waals surface area contributed by atoms with Crippen molar-refractivity contribution in [2.75, 3.05) is 19.9 Å². The van der Waals surface area contributed by atoms with Gasteiger partial charge in [-0.1, -0.05) is 6.07 Å². The lowest BCUT2D eigenvalue weighted by Crippen LogP contribution is -2.38. The molecule has 1 aromatic rings. The van der Waals surface area contributed by atoms with E-state index in [1.165, 1.54) is 0 Å². The molecule has 2 N–H and O–H groups in total. The normalized spacial score (nSPS) is 14.1. The highest BCUT2D eigenvalue weighted by Gasteiger charge is 2.26. The van der Waals surface area contributed by atoms with E-state index in [1.807, 2.05) is 19.1 Å². The summed E-state index contributed by atoms with van der Waals surface area (Å²) in [5, 5.41) is 5.57. The van der Waals surface area contributed by atoms with Crippen LogP contribution in [0.15, 0.2) is 23.2 Å². The lowest BCUT2D eigenvalue weighted by Gasteiger charge is -2.12. The van der Waals surface area contributed by atoms with Gasteiger partial charge in [0.2, 0.25) is 6.79 Å². The molecule has 0 atom stereocenters. The number of benzene rings is 1. The minimum absolute atomic E-state index is 0.198. The number of fused-ring (bicyclic) bond motifs is 1. The highest BCUT2D eigenvalue weighted by molar-refractivity contribution is 5.79. The Bertz CT molecular complexity index is 533. The summed E-state index contributed by atoms with van der Waals surface area (Å²) in [7, 11) is 0. The number of guanidine groups is 1. The van der Waals surface area contributed by atoms with Gasteiger partial charge >= 0.3 is 6.18 Å². The lowest BCUT2D eigenvalue weighted by molar-refractivity contribution is -0.132. The number of aliphatic imine (C=N–C) groups is 1. The van der Waals surface area contributed by atoms with Crippen LogP contribution in [0, 0.1) is 0 Å². The maximum absolute atomic E-state index is 12.1. The van der Waals surface area contributed by atoms with Crippen molar-refractivity contribution < 1.29 is 22.6 Å². The zero-order valence-corrected chi connectivity index (χ0v) is 12.2. The van der Waals surface area contributed by atoms with Gasteiger partial charge < -0.3 is 20.1 Å². The lowest BCUT2D eigenvalue weighted by atomic mass is 10.2. The molecule has 0 aliphatic carbocycles. The van der Waals surface area contributed by atoms with Crippen LogP contribution in [0.2, 0.25) is 0 Å². The Morgan fingerprint density at radius 2 is 2.00 bits per heavy atom. The predicted octanol–water partition coefficient (Wildman–Crippen LogP) is 2.42. The van der Waals surface area contributed by atoms with Gasteiger partial charge in [0.15, 0.2) is 17.5 Å². The standard InChI is InChI=1S/C14H18F3N3O2/c1-2-18-13(19-6-5-14(15,16)17)20-8-10-3-4-11-12(7-10)22-9-21-11/h3-4,7H,2,5-6,8-9H2,1H3,(H2,18,19,20). The van der Waals surface area contributed by atoms with Crippen LogP contribution in [0.4, 0.5) is 13.2 Å². The number of hydrogen-bond acceptors (Lipinski definition) is 3. The van der Waals surface area contributed by atoms with Crippen molar-refractivity contribution in [2.24, 2.45) is 4.99 Å². The molecule has 0 saturated heterocycles. The zero-order chi connectivity index (χ0) is 16.0. The van der Waals surface area contributed by atoms with Gasteiger partial charge in [-0.25, -0.2) is 4.99 Å². The molecule has 0 amide bonds. The van der Waals surface area contributed by atoms with Crippen LogP contribution in [0.5, 0.6) is 11.5 Å². The molecule has 1 aromatic carbocycles. The third-order valence-corrected chi connectivity index (χ3v) is 2.90. The number of nitrogens with one attached hydrogen (secondary N) is 2. The SMILES string of the molecule is CCNC(=NCc1ccc2c(c1)OCO2)NCCC(F)(F)F. The van der Waals surface area contributed by atoms with Crippen molar-refractivity contribution in [3.8, 4) is 11.5 Å². The fraction of sp³-hybridized carbons (Fsp3) is 0.500. The largest absolute Gasteiger partial charge is 0.454 e. The summed E-state index contributed by atoms with van der Waals surface area (Å²) in [5.74, 6) is 1.69. The summed E-state index contributed by atoms with van der Waals surface area (Å²) in [6.45, 7) is 2.73. The molecule has 2 rings (SSSR count). The second-order valence-corrected chi connectivity index (χ2v) is 4.67. The molecule has 5 nitrogen and oxygen atoms in total. The Labute approximate surface area is 126 Å². The maximum Gasteiger partial charge on any atom is 0.390 e. The van der Waals surface area contributed by atoms with Gasteiger partial charge in [-0.3, -0.25) is 0 Å². The van der Waals surface area contributed by atoms with E-state index in [9.17, 15) is 13.2 Å². The van der Waals surface area contributed by atoms with E-state index >= 15 is 0 Å². The number of alkyl halides is 3. The molecule has 0 saturated carbocycles. The Hall–Kier alpha value is -2.12. The molecule has 1 aliphatic heterocycles. The fourth-order valence-electron chi connectivity index (χ4n) is 1.87. The molecule has 22 heavy (non-hydrogen) atoms. The van der Waals surface area contributed by atoms with Crippen molar-refractivity contribution >= 4 is 5.96 Å². The quantitative estimate of drug-likeness (QED) is 0.647. The molecular formula is C14H18F3N3O2. The average Bonchev–Trinajstić information content (AvgIpc) is 2.91. The Morgan fingerprint density at radius 3 is 2.73 bits per heavy atom. The second kappa shape index (κ2) is 7.24. The van der Waals surface area contributed by atoms with Crippen LogP contribution >= 0.6 is 0 Å². The van der Waals surface area contributed by atoms with Crippen LogP contribution in [-0.4, -0.2) is 32.0 Å². The minimum atomic E-state index is -4.18. The summed E-state index contributed by atoms with van der Waals surface area (Å²) in [6, 6.07) is 5.44. The number of ether oxygens (including phenoxy) is 2. The molecule has 8 heteroatoms. The van der Waals surface area contributed by atoms with Gasteiger partial charge in [-0.2, -0.15) is 13.2 Å². The number of rotatable bonds is 5. The first-order valence-electron chi connectivity index (χ1n) is 6.95. The van der Waals surface area contributed by atoms with Crippen molar-refractivity contribution in [1.82, 2.24) is 10.6 Å². The van der Waals surface area contributed by atoms with Crippen molar-refractivity contribution in [3.63, 3.8) is 0 Å². The minimum Gasteiger partial charge on any atom is -0.454 e. The first kappa shape index (κ1) is 16.3. The summed E-state index contributed by atoms with van der Waals surface area (Å²) < 4.78 is 46.9. The first-order valence-corrected chi connectivity index (χ1v) is 6.95. The van der Waals surface area contributed by atoms with Crippen molar-refractivity contribution in [2.45, 2.75) is 26.1 Å². The number of hydrogen-bond donors (Lipinski definition) is 2. The maximum atomic E-state index is 12.1. The topological polar surface area (TPSA) is 54.9 Å². The summed E-state index contributed by atoms with van der Waals surface area (Å²) in [4.78, 5) is 4.26. The highest BCUT2D eigenvalue weighted by atomic mass is 19.4. The molecule has 1 heterocycles. The first-order chi connectivity index (χ1) is 10.5. The predicted molar refractivity (Wildman–Crippen MR) is 76.1 cm³/mol. The van der Waals surface area contributed by atoms with E-state index in [1.54, 1.807) is 6.07 Å². The molecule has 0 unspecified atom stereocenters. The summed E-state index contributed by atoms with van der Waals surface area (Å²) in [5.41, 5.74) is 0.886. The molecule has 0 aromatic heterocycles. The third kappa shape index (κ3) is 5.01. The fourth-order valence-corrected chi connectivity index (χ4v) is 1.87. The van der Waals surface area contributed by atoms with Gasteiger partial charge in [0.25, 0.3) is 0 Å². The van der Waals surface area contributed by atoms with Gasteiger partial charge in [0.05, 0.1) is 13.0 Å². The van der Waals surface area contributed by atoms with Crippen LogP contribution in [0.3, 0.4) is 0 Å². The van der Waals surface area contributed by atoms with Crippen LogP contribution in [0.25, 0.3) is 0 Å². The molecule has 0 bridgehead atoms. The molecular weight excluding hydrogens is 299 g/mol. The van der Waals surface area contributed by atoms with E-state index in [-0.39, 0.29) is 13.3 Å². The average molecular weight is 317 g/mol. The van der Waals surface area contributed by atoms with E-state index in [2.05, 4.69) is 15.6 Å². The zero-order valence-electron chi connectivity index (χ0n) is 12.2. The Kier molecular flexibility index (Phi) is 5.35. The molecule has 0 spiro atoms. The van der Waals surface area contributed by atoms with Crippen molar-refractivity contribution in [3.05, 3.63) is 23.8 Å². The van der Waals surface area contributed by atoms with Crippen LogP contribution < -0.4 is 20.1 Å². The van der Waals surface area contributed by atoms with E-state index in [4.69, 9.17) is 9.47 Å². The summed E-state index contributed by atoms with van der Waals surface area (Å²) >= 11 is 0. The number of nitrogens with zero attached hydrogens (tertiary/aromatic N) is 1. The van der Waals surface area contributed by atoms with Crippen molar-refractivity contribution in [1.29, 1.82) is 0 Å². The summed E-state index contributed by atoms with van der Waals surface area (Å²) in [6.07, 6.45) is -5.08. The monoisotopic (exact) mass is 317 g/mol. The van der Waals surface area contributed by atoms with E-state index in [0.717, 1.165) is 5.56 Å². The smallest absolute Gasteiger partial charge is 0.390 e. The van der Waals surface area contributed by atoms with Gasteiger partial charge in [0.1, 0.15) is 0 Å². The van der Waals surface area contributed by atoms with E-state index < -0.39 is 12.6 Å². The molecule has 1 aliphatic rings. The molecule has 0 radical (unpaired) electrons. The Balaban J connectivity index is 1.91. The molecule has 0 fully saturated rings.